The van der Waals surface area contributed by atoms with Crippen LogP contribution in [0.2, 0.25) is 0 Å². The molecule has 25 heavy (non-hydrogen) atoms. The minimum Gasteiger partial charge on any atom is -0.360 e. The van der Waals surface area contributed by atoms with Crippen molar-refractivity contribution in [1.82, 2.24) is 14.8 Å². The van der Waals surface area contributed by atoms with Crippen molar-refractivity contribution in [3.8, 4) is 0 Å². The van der Waals surface area contributed by atoms with Crippen molar-refractivity contribution in [3.05, 3.63) is 46.8 Å². The second kappa shape index (κ2) is 7.68. The number of aromatic nitrogens is 1. The van der Waals surface area contributed by atoms with Gasteiger partial charge in [0.15, 0.2) is 5.76 Å². The maximum atomic E-state index is 12.4. The number of aryl methyl sites for hydroxylation is 2. The number of sulfonamides is 1. The van der Waals surface area contributed by atoms with Crippen molar-refractivity contribution in [2.24, 2.45) is 0 Å². The number of piperidine rings is 1. The first-order valence-corrected chi connectivity index (χ1v) is 10.2. The highest BCUT2D eigenvalue weighted by Crippen LogP contribution is 2.19. The Hall–Kier alpha value is -1.70. The highest BCUT2D eigenvalue weighted by molar-refractivity contribution is 7.89. The molecule has 1 aliphatic rings. The molecule has 1 aromatic heterocycles. The van der Waals surface area contributed by atoms with Crippen LogP contribution in [0.4, 0.5) is 0 Å². The standard InChI is InChI=1S/C18H25N3O3S/c1-14-18(15(2)24-20-14)25(22,23)19-12-16-6-8-17(9-7-16)13-21-10-4-3-5-11-21/h6-9,19H,3-5,10-13H2,1-2H3. The fourth-order valence-corrected chi connectivity index (χ4v) is 4.59. The van der Waals surface area contributed by atoms with E-state index in [4.69, 9.17) is 4.52 Å². The summed E-state index contributed by atoms with van der Waals surface area (Å²) in [4.78, 5) is 2.60. The fourth-order valence-electron chi connectivity index (χ4n) is 3.25. The molecule has 1 saturated heterocycles. The maximum Gasteiger partial charge on any atom is 0.246 e. The van der Waals surface area contributed by atoms with Crippen LogP contribution >= 0.6 is 0 Å². The Labute approximate surface area is 149 Å². The Kier molecular flexibility index (Phi) is 5.56. The van der Waals surface area contributed by atoms with Gasteiger partial charge in [0.05, 0.1) is 0 Å². The fraction of sp³-hybridized carbons (Fsp3) is 0.500. The van der Waals surface area contributed by atoms with E-state index in [1.54, 1.807) is 13.8 Å². The van der Waals surface area contributed by atoms with Gasteiger partial charge in [-0.05, 0) is 50.9 Å². The zero-order chi connectivity index (χ0) is 17.9. The van der Waals surface area contributed by atoms with Crippen molar-refractivity contribution in [1.29, 1.82) is 0 Å². The third kappa shape index (κ3) is 4.48. The Morgan fingerprint density at radius 3 is 2.32 bits per heavy atom. The van der Waals surface area contributed by atoms with Gasteiger partial charge in [0.25, 0.3) is 0 Å². The van der Waals surface area contributed by atoms with Crippen molar-refractivity contribution in [2.45, 2.75) is 51.1 Å². The van der Waals surface area contributed by atoms with E-state index in [1.807, 2.05) is 12.1 Å². The highest BCUT2D eigenvalue weighted by atomic mass is 32.2. The van der Waals surface area contributed by atoms with Gasteiger partial charge in [-0.15, -0.1) is 0 Å². The molecule has 0 aliphatic carbocycles. The number of rotatable bonds is 6. The second-order valence-electron chi connectivity index (χ2n) is 6.63. The first-order chi connectivity index (χ1) is 12.0. The van der Waals surface area contributed by atoms with Crippen molar-refractivity contribution in [2.75, 3.05) is 13.1 Å². The summed E-state index contributed by atoms with van der Waals surface area (Å²) in [7, 11) is -3.62. The van der Waals surface area contributed by atoms with Crippen LogP contribution in [-0.4, -0.2) is 31.6 Å². The van der Waals surface area contributed by atoms with Gasteiger partial charge in [0.1, 0.15) is 10.6 Å². The predicted octanol–water partition coefficient (Wildman–Crippen LogP) is 2.76. The van der Waals surface area contributed by atoms with E-state index < -0.39 is 10.0 Å². The number of nitrogens with one attached hydrogen (secondary N) is 1. The lowest BCUT2D eigenvalue weighted by atomic mass is 10.1. The van der Waals surface area contributed by atoms with Crippen LogP contribution in [0.15, 0.2) is 33.7 Å². The lowest BCUT2D eigenvalue weighted by molar-refractivity contribution is 0.221. The first kappa shape index (κ1) is 18.1. The van der Waals surface area contributed by atoms with Crippen LogP contribution in [0.25, 0.3) is 0 Å². The molecule has 0 saturated carbocycles. The second-order valence-corrected chi connectivity index (χ2v) is 8.33. The largest absolute Gasteiger partial charge is 0.360 e. The minimum atomic E-state index is -3.62. The molecule has 1 aliphatic heterocycles. The molecule has 1 fully saturated rings. The molecule has 136 valence electrons. The summed E-state index contributed by atoms with van der Waals surface area (Å²) in [5.74, 6) is 0.307. The molecule has 0 bridgehead atoms. The van der Waals surface area contributed by atoms with Crippen LogP contribution < -0.4 is 4.72 Å². The van der Waals surface area contributed by atoms with E-state index in [-0.39, 0.29) is 11.4 Å². The average molecular weight is 363 g/mol. The summed E-state index contributed by atoms with van der Waals surface area (Å²) in [6.45, 7) is 6.77. The third-order valence-electron chi connectivity index (χ3n) is 4.58. The zero-order valence-electron chi connectivity index (χ0n) is 14.8. The molecule has 2 aromatic rings. The number of hydrogen-bond donors (Lipinski definition) is 1. The molecular formula is C18H25N3O3S. The molecule has 1 N–H and O–H groups in total. The average Bonchev–Trinajstić information content (AvgIpc) is 2.95. The summed E-state index contributed by atoms with van der Waals surface area (Å²) in [5, 5.41) is 3.71. The van der Waals surface area contributed by atoms with Crippen molar-refractivity contribution in [3.63, 3.8) is 0 Å². The summed E-state index contributed by atoms with van der Waals surface area (Å²) >= 11 is 0. The molecule has 2 heterocycles. The van der Waals surface area contributed by atoms with Crippen LogP contribution in [-0.2, 0) is 23.1 Å². The van der Waals surface area contributed by atoms with Crippen LogP contribution in [0, 0.1) is 13.8 Å². The topological polar surface area (TPSA) is 75.4 Å². The molecule has 0 spiro atoms. The number of likely N-dealkylation sites (tertiary alicyclic amines) is 1. The van der Waals surface area contributed by atoms with E-state index in [9.17, 15) is 8.42 Å². The summed E-state index contributed by atoms with van der Waals surface area (Å²) in [6, 6.07) is 8.12. The molecule has 0 atom stereocenters. The quantitative estimate of drug-likeness (QED) is 0.854. The lowest BCUT2D eigenvalue weighted by Gasteiger charge is -2.26. The summed E-state index contributed by atoms with van der Waals surface area (Å²) < 4.78 is 32.4. The van der Waals surface area contributed by atoms with Crippen molar-refractivity contribution < 1.29 is 12.9 Å². The van der Waals surface area contributed by atoms with Gasteiger partial charge in [-0.25, -0.2) is 13.1 Å². The van der Waals surface area contributed by atoms with Gasteiger partial charge in [-0.2, -0.15) is 0 Å². The maximum absolute atomic E-state index is 12.4. The SMILES string of the molecule is Cc1noc(C)c1S(=O)(=O)NCc1ccc(CN2CCCCC2)cc1. The van der Waals surface area contributed by atoms with Gasteiger partial charge >= 0.3 is 0 Å². The number of nitrogens with zero attached hydrogens (tertiary/aromatic N) is 2. The van der Waals surface area contributed by atoms with E-state index in [1.165, 1.54) is 37.9 Å². The Morgan fingerprint density at radius 1 is 1.08 bits per heavy atom. The summed E-state index contributed by atoms with van der Waals surface area (Å²) in [6.07, 6.45) is 3.89. The van der Waals surface area contributed by atoms with Crippen LogP contribution in [0.5, 0.6) is 0 Å². The van der Waals surface area contributed by atoms with Gasteiger partial charge < -0.3 is 4.52 Å². The van der Waals surface area contributed by atoms with E-state index in [2.05, 4.69) is 26.9 Å². The van der Waals surface area contributed by atoms with E-state index in [0.29, 0.717) is 11.5 Å². The highest BCUT2D eigenvalue weighted by Gasteiger charge is 2.23. The van der Waals surface area contributed by atoms with Gasteiger partial charge in [0, 0.05) is 13.1 Å². The third-order valence-corrected chi connectivity index (χ3v) is 6.23. The molecule has 0 radical (unpaired) electrons. The van der Waals surface area contributed by atoms with Gasteiger partial charge in [-0.3, -0.25) is 4.90 Å². The van der Waals surface area contributed by atoms with Gasteiger partial charge in [0.2, 0.25) is 10.0 Å². The zero-order valence-corrected chi connectivity index (χ0v) is 15.6. The normalized spacial score (nSPS) is 16.2. The molecule has 3 rings (SSSR count). The molecule has 0 unspecified atom stereocenters. The van der Waals surface area contributed by atoms with E-state index >= 15 is 0 Å². The Balaban J connectivity index is 1.60. The van der Waals surface area contributed by atoms with Crippen LogP contribution in [0.3, 0.4) is 0 Å². The molecule has 1 aromatic carbocycles. The number of hydrogen-bond acceptors (Lipinski definition) is 5. The molecule has 7 heteroatoms. The molecule has 6 nitrogen and oxygen atoms in total. The van der Waals surface area contributed by atoms with Crippen LogP contribution in [0.1, 0.15) is 41.8 Å². The minimum absolute atomic E-state index is 0.134. The van der Waals surface area contributed by atoms with Gasteiger partial charge in [-0.1, -0.05) is 35.8 Å². The van der Waals surface area contributed by atoms with E-state index in [0.717, 1.165) is 12.1 Å². The first-order valence-electron chi connectivity index (χ1n) is 8.68. The lowest BCUT2D eigenvalue weighted by Crippen LogP contribution is -2.29. The Bertz CT molecular complexity index is 787. The van der Waals surface area contributed by atoms with Crippen molar-refractivity contribution >= 4 is 10.0 Å². The molecular weight excluding hydrogens is 338 g/mol. The number of benzene rings is 1. The summed E-state index contributed by atoms with van der Waals surface area (Å²) in [5.41, 5.74) is 2.57. The monoisotopic (exact) mass is 363 g/mol. The predicted molar refractivity (Wildman–Crippen MR) is 95.6 cm³/mol. The Morgan fingerprint density at radius 2 is 1.72 bits per heavy atom. The molecule has 0 amide bonds. The smallest absolute Gasteiger partial charge is 0.246 e.